The third-order valence-electron chi connectivity index (χ3n) is 1.85. The molecule has 0 aromatic heterocycles. The molecule has 0 heteroatoms. The third-order valence-corrected chi connectivity index (χ3v) is 1.85. The minimum Gasteiger partial charge on any atom is -0.0845 e. The Labute approximate surface area is 76.7 Å². The Hall–Kier alpha value is -0.780. The van der Waals surface area contributed by atoms with Crippen molar-refractivity contribution in [2.45, 2.75) is 41.0 Å². The Morgan fingerprint density at radius 3 is 2.08 bits per heavy atom. The van der Waals surface area contributed by atoms with Crippen LogP contribution in [0.5, 0.6) is 0 Å². The Kier molecular flexibility index (Phi) is 5.44. The Morgan fingerprint density at radius 1 is 1.08 bits per heavy atom. The SMILES string of the molecule is CC/C=C/C(C)=C\C(C)=C(C)C. The molecule has 0 amide bonds. The van der Waals surface area contributed by atoms with Crippen LogP contribution in [0.3, 0.4) is 0 Å². The first-order valence-electron chi connectivity index (χ1n) is 4.56. The van der Waals surface area contributed by atoms with Gasteiger partial charge in [-0.3, -0.25) is 0 Å². The van der Waals surface area contributed by atoms with E-state index in [1.54, 1.807) is 0 Å². The first-order chi connectivity index (χ1) is 5.57. The number of hydrogen-bond acceptors (Lipinski definition) is 0. The van der Waals surface area contributed by atoms with Crippen LogP contribution in [-0.2, 0) is 0 Å². The van der Waals surface area contributed by atoms with E-state index in [2.05, 4.69) is 52.8 Å². The molecule has 0 nitrogen and oxygen atoms in total. The largest absolute Gasteiger partial charge is 0.0845 e. The minimum absolute atomic E-state index is 1.11. The number of rotatable bonds is 3. The van der Waals surface area contributed by atoms with Gasteiger partial charge in [-0.1, -0.05) is 41.9 Å². The molecule has 0 aliphatic rings. The van der Waals surface area contributed by atoms with Gasteiger partial charge in [0.05, 0.1) is 0 Å². The molecule has 0 aromatic rings. The molecule has 68 valence electrons. The normalized spacial score (nSPS) is 12.2. The molecule has 0 bridgehead atoms. The summed E-state index contributed by atoms with van der Waals surface area (Å²) in [7, 11) is 0. The van der Waals surface area contributed by atoms with Crippen LogP contribution in [0.2, 0.25) is 0 Å². The van der Waals surface area contributed by atoms with Gasteiger partial charge in [0.25, 0.3) is 0 Å². The second kappa shape index (κ2) is 5.82. The summed E-state index contributed by atoms with van der Waals surface area (Å²) in [6.07, 6.45) is 7.69. The summed E-state index contributed by atoms with van der Waals surface area (Å²) in [5.74, 6) is 0. The molecule has 0 aromatic carbocycles. The van der Waals surface area contributed by atoms with E-state index in [1.807, 2.05) is 0 Å². The molecule has 0 unspecified atom stereocenters. The molecule has 12 heavy (non-hydrogen) atoms. The molecule has 0 spiro atoms. The van der Waals surface area contributed by atoms with Gasteiger partial charge in [-0.25, -0.2) is 0 Å². The molecular formula is C12H20. The lowest BCUT2D eigenvalue weighted by Gasteiger charge is -1.97. The lowest BCUT2D eigenvalue weighted by molar-refractivity contribution is 1.21. The highest BCUT2D eigenvalue weighted by Gasteiger charge is 1.87. The highest BCUT2D eigenvalue weighted by atomic mass is 13.9. The average molecular weight is 164 g/mol. The maximum absolute atomic E-state index is 2.22. The van der Waals surface area contributed by atoms with E-state index in [4.69, 9.17) is 0 Å². The Bertz CT molecular complexity index is 210. The average Bonchev–Trinajstić information content (AvgIpc) is 2.00. The van der Waals surface area contributed by atoms with Crippen molar-refractivity contribution in [3.63, 3.8) is 0 Å². The van der Waals surface area contributed by atoms with Crippen molar-refractivity contribution >= 4 is 0 Å². The lowest BCUT2D eigenvalue weighted by Crippen LogP contribution is -1.76. The molecule has 0 saturated carbocycles. The monoisotopic (exact) mass is 164 g/mol. The summed E-state index contributed by atoms with van der Waals surface area (Å²) < 4.78 is 0. The Balaban J connectivity index is 4.37. The molecule has 0 N–H and O–H groups in total. The first kappa shape index (κ1) is 11.2. The van der Waals surface area contributed by atoms with Crippen molar-refractivity contribution in [3.8, 4) is 0 Å². The summed E-state index contributed by atoms with van der Waals surface area (Å²) >= 11 is 0. The van der Waals surface area contributed by atoms with Crippen LogP contribution in [0.1, 0.15) is 41.0 Å². The quantitative estimate of drug-likeness (QED) is 0.547. The molecule has 0 aliphatic heterocycles. The second-order valence-corrected chi connectivity index (χ2v) is 3.38. The highest BCUT2D eigenvalue weighted by molar-refractivity contribution is 5.29. The predicted octanol–water partition coefficient (Wildman–Crippen LogP) is 4.26. The van der Waals surface area contributed by atoms with E-state index in [1.165, 1.54) is 16.7 Å². The second-order valence-electron chi connectivity index (χ2n) is 3.38. The van der Waals surface area contributed by atoms with E-state index in [0.717, 1.165) is 6.42 Å². The van der Waals surface area contributed by atoms with Crippen LogP contribution in [0.15, 0.2) is 34.9 Å². The molecule has 0 rings (SSSR count). The van der Waals surface area contributed by atoms with E-state index in [-0.39, 0.29) is 0 Å². The van der Waals surface area contributed by atoms with Crippen molar-refractivity contribution in [2.75, 3.05) is 0 Å². The van der Waals surface area contributed by atoms with Gasteiger partial charge in [0.15, 0.2) is 0 Å². The van der Waals surface area contributed by atoms with Crippen molar-refractivity contribution in [1.82, 2.24) is 0 Å². The van der Waals surface area contributed by atoms with Gasteiger partial charge in [-0.05, 0) is 34.1 Å². The highest BCUT2D eigenvalue weighted by Crippen LogP contribution is 2.07. The van der Waals surface area contributed by atoms with Gasteiger partial charge in [-0.2, -0.15) is 0 Å². The van der Waals surface area contributed by atoms with E-state index in [0.29, 0.717) is 0 Å². The van der Waals surface area contributed by atoms with Gasteiger partial charge in [0.2, 0.25) is 0 Å². The predicted molar refractivity (Wildman–Crippen MR) is 57.2 cm³/mol. The van der Waals surface area contributed by atoms with Crippen LogP contribution >= 0.6 is 0 Å². The summed E-state index contributed by atoms with van der Waals surface area (Å²) in [5.41, 5.74) is 4.09. The smallest absolute Gasteiger partial charge is 0.0376 e. The molecular weight excluding hydrogens is 144 g/mol. The summed E-state index contributed by atoms with van der Waals surface area (Å²) in [5, 5.41) is 0. The summed E-state index contributed by atoms with van der Waals surface area (Å²) in [6, 6.07) is 0. The van der Waals surface area contributed by atoms with Crippen LogP contribution < -0.4 is 0 Å². The van der Waals surface area contributed by atoms with E-state index >= 15 is 0 Å². The zero-order valence-electron chi connectivity index (χ0n) is 8.94. The van der Waals surface area contributed by atoms with Crippen LogP contribution in [0, 0.1) is 0 Å². The van der Waals surface area contributed by atoms with Crippen molar-refractivity contribution in [2.24, 2.45) is 0 Å². The minimum atomic E-state index is 1.11. The van der Waals surface area contributed by atoms with Crippen molar-refractivity contribution < 1.29 is 0 Å². The molecule has 0 heterocycles. The molecule has 0 radical (unpaired) electrons. The maximum atomic E-state index is 2.22. The number of allylic oxidation sites excluding steroid dienone is 6. The fourth-order valence-electron chi connectivity index (χ4n) is 0.838. The topological polar surface area (TPSA) is 0 Å². The zero-order chi connectivity index (χ0) is 9.56. The third kappa shape index (κ3) is 4.95. The molecule has 0 fully saturated rings. The lowest BCUT2D eigenvalue weighted by atomic mass is 10.1. The summed E-state index contributed by atoms with van der Waals surface area (Å²) in [4.78, 5) is 0. The standard InChI is InChI=1S/C12H20/c1-6-7-8-11(4)9-12(5)10(2)3/h7-9H,6H2,1-5H3/b8-7+,11-9-. The van der Waals surface area contributed by atoms with Crippen LogP contribution in [0.4, 0.5) is 0 Å². The van der Waals surface area contributed by atoms with Crippen LogP contribution in [-0.4, -0.2) is 0 Å². The number of hydrogen-bond donors (Lipinski definition) is 0. The van der Waals surface area contributed by atoms with Crippen molar-refractivity contribution in [1.29, 1.82) is 0 Å². The summed E-state index contributed by atoms with van der Waals surface area (Å²) in [6.45, 7) is 10.7. The first-order valence-corrected chi connectivity index (χ1v) is 4.56. The Morgan fingerprint density at radius 2 is 1.67 bits per heavy atom. The van der Waals surface area contributed by atoms with Crippen LogP contribution in [0.25, 0.3) is 0 Å². The fourth-order valence-corrected chi connectivity index (χ4v) is 0.838. The van der Waals surface area contributed by atoms with E-state index < -0.39 is 0 Å². The molecule has 0 atom stereocenters. The van der Waals surface area contributed by atoms with Crippen molar-refractivity contribution in [3.05, 3.63) is 34.9 Å². The van der Waals surface area contributed by atoms with Gasteiger partial charge in [-0.15, -0.1) is 0 Å². The van der Waals surface area contributed by atoms with Gasteiger partial charge < -0.3 is 0 Å². The fraction of sp³-hybridized carbons (Fsp3) is 0.500. The molecule has 0 aliphatic carbocycles. The van der Waals surface area contributed by atoms with E-state index in [9.17, 15) is 0 Å². The van der Waals surface area contributed by atoms with Gasteiger partial charge >= 0.3 is 0 Å². The molecule has 0 saturated heterocycles. The van der Waals surface area contributed by atoms with Gasteiger partial charge in [0, 0.05) is 0 Å². The van der Waals surface area contributed by atoms with Gasteiger partial charge in [0.1, 0.15) is 0 Å². The zero-order valence-corrected chi connectivity index (χ0v) is 8.94. The maximum Gasteiger partial charge on any atom is -0.0376 e.